The average Bonchev–Trinajstić information content (AvgIpc) is 2.48. The lowest BCUT2D eigenvalue weighted by atomic mass is 9.85. The molecule has 3 rings (SSSR count). The smallest absolute Gasteiger partial charge is 0.315 e. The van der Waals surface area contributed by atoms with Gasteiger partial charge >= 0.3 is 6.03 Å². The molecule has 3 N–H and O–H groups in total. The second-order valence-corrected chi connectivity index (χ2v) is 7.89. The van der Waals surface area contributed by atoms with Gasteiger partial charge in [-0.2, -0.15) is 0 Å². The molecule has 1 aliphatic heterocycles. The highest BCUT2D eigenvalue weighted by molar-refractivity contribution is 5.74. The molecule has 2 aliphatic carbocycles. The lowest BCUT2D eigenvalue weighted by molar-refractivity contribution is 0.0676. The molecule has 5 heteroatoms. The number of nitrogens with one attached hydrogen (secondary N) is 2. The van der Waals surface area contributed by atoms with E-state index in [4.69, 9.17) is 0 Å². The van der Waals surface area contributed by atoms with Crippen LogP contribution in [0.15, 0.2) is 0 Å². The van der Waals surface area contributed by atoms with Gasteiger partial charge < -0.3 is 20.6 Å². The normalized spacial score (nSPS) is 34.4. The van der Waals surface area contributed by atoms with Crippen molar-refractivity contribution in [2.24, 2.45) is 5.92 Å². The fourth-order valence-electron chi connectivity index (χ4n) is 4.30. The van der Waals surface area contributed by atoms with E-state index in [1.54, 1.807) is 0 Å². The van der Waals surface area contributed by atoms with Crippen LogP contribution in [-0.4, -0.2) is 53.4 Å². The molecule has 0 aromatic heterocycles. The highest BCUT2D eigenvalue weighted by atomic mass is 16.3. The van der Waals surface area contributed by atoms with Crippen LogP contribution >= 0.6 is 0 Å². The fraction of sp³-hybridized carbons (Fsp3) is 0.944. The standard InChI is InChI=1S/C18H33N3O2/c1-13(14-4-3-11-21(12-14)16-5-2-6-16)19-18(23)20-15-7-9-17(22)10-8-15/h13-17,22H,2-12H2,1H3,(H2,19,20,23). The highest BCUT2D eigenvalue weighted by Crippen LogP contribution is 2.30. The van der Waals surface area contributed by atoms with Gasteiger partial charge in [0, 0.05) is 24.7 Å². The monoisotopic (exact) mass is 323 g/mol. The zero-order valence-corrected chi connectivity index (χ0v) is 14.5. The van der Waals surface area contributed by atoms with E-state index >= 15 is 0 Å². The second-order valence-electron chi connectivity index (χ2n) is 7.89. The summed E-state index contributed by atoms with van der Waals surface area (Å²) >= 11 is 0. The summed E-state index contributed by atoms with van der Waals surface area (Å²) in [5.41, 5.74) is 0. The van der Waals surface area contributed by atoms with E-state index in [2.05, 4.69) is 22.5 Å². The van der Waals surface area contributed by atoms with E-state index in [0.29, 0.717) is 5.92 Å². The Hall–Kier alpha value is -0.810. The van der Waals surface area contributed by atoms with E-state index in [-0.39, 0.29) is 24.2 Å². The van der Waals surface area contributed by atoms with Gasteiger partial charge in [-0.3, -0.25) is 0 Å². The van der Waals surface area contributed by atoms with Gasteiger partial charge in [-0.25, -0.2) is 4.79 Å². The van der Waals surface area contributed by atoms with Crippen LogP contribution in [0.2, 0.25) is 0 Å². The molecule has 0 spiro atoms. The van der Waals surface area contributed by atoms with Gasteiger partial charge in [0.2, 0.25) is 0 Å². The molecule has 2 unspecified atom stereocenters. The van der Waals surface area contributed by atoms with E-state index < -0.39 is 0 Å². The maximum Gasteiger partial charge on any atom is 0.315 e. The number of aliphatic hydroxyl groups excluding tert-OH is 1. The number of aliphatic hydroxyl groups is 1. The number of likely N-dealkylation sites (tertiary alicyclic amines) is 1. The maximum atomic E-state index is 12.2. The van der Waals surface area contributed by atoms with Gasteiger partial charge in [-0.05, 0) is 70.8 Å². The van der Waals surface area contributed by atoms with Crippen molar-refractivity contribution in [1.29, 1.82) is 0 Å². The quantitative estimate of drug-likeness (QED) is 0.743. The zero-order chi connectivity index (χ0) is 16.2. The first kappa shape index (κ1) is 17.0. The van der Waals surface area contributed by atoms with Crippen molar-refractivity contribution < 1.29 is 9.90 Å². The number of urea groups is 1. The molecule has 0 aromatic carbocycles. The summed E-state index contributed by atoms with van der Waals surface area (Å²) in [7, 11) is 0. The topological polar surface area (TPSA) is 64.6 Å². The Morgan fingerprint density at radius 2 is 1.83 bits per heavy atom. The number of nitrogens with zero attached hydrogens (tertiary/aromatic N) is 1. The van der Waals surface area contributed by atoms with E-state index in [1.165, 1.54) is 38.6 Å². The summed E-state index contributed by atoms with van der Waals surface area (Å²) in [6.07, 6.45) is 9.82. The van der Waals surface area contributed by atoms with Crippen molar-refractivity contribution in [1.82, 2.24) is 15.5 Å². The van der Waals surface area contributed by atoms with E-state index in [1.807, 2.05) is 0 Å². The third kappa shape index (κ3) is 4.60. The summed E-state index contributed by atoms with van der Waals surface area (Å²) in [5, 5.41) is 15.8. The molecular formula is C18H33N3O2. The zero-order valence-electron chi connectivity index (χ0n) is 14.5. The third-order valence-electron chi connectivity index (χ3n) is 6.18. The van der Waals surface area contributed by atoms with Crippen molar-refractivity contribution in [2.45, 2.75) is 88.9 Å². The molecule has 5 nitrogen and oxygen atoms in total. The average molecular weight is 323 g/mol. The first-order valence-electron chi connectivity index (χ1n) is 9.61. The number of amides is 2. The van der Waals surface area contributed by atoms with Gasteiger partial charge in [-0.1, -0.05) is 6.42 Å². The Labute approximate surface area is 140 Å². The van der Waals surface area contributed by atoms with Gasteiger partial charge in [0.15, 0.2) is 0 Å². The van der Waals surface area contributed by atoms with Crippen LogP contribution in [0.3, 0.4) is 0 Å². The molecule has 3 aliphatic rings. The molecule has 2 saturated carbocycles. The van der Waals surface area contributed by atoms with Gasteiger partial charge in [0.1, 0.15) is 0 Å². The highest BCUT2D eigenvalue weighted by Gasteiger charge is 2.32. The lowest BCUT2D eigenvalue weighted by Crippen LogP contribution is -2.53. The Balaban J connectivity index is 1.40. The number of carbonyl (C=O) groups is 1. The fourth-order valence-corrected chi connectivity index (χ4v) is 4.30. The predicted octanol–water partition coefficient (Wildman–Crippen LogP) is 2.24. The molecule has 0 bridgehead atoms. The molecule has 2 atom stereocenters. The number of rotatable bonds is 4. The minimum absolute atomic E-state index is 0.0281. The minimum atomic E-state index is -0.172. The van der Waals surface area contributed by atoms with Crippen LogP contribution in [0.25, 0.3) is 0 Å². The van der Waals surface area contributed by atoms with Crippen LogP contribution < -0.4 is 10.6 Å². The number of hydrogen-bond acceptors (Lipinski definition) is 3. The van der Waals surface area contributed by atoms with Crippen LogP contribution in [-0.2, 0) is 0 Å². The maximum absolute atomic E-state index is 12.2. The molecule has 1 saturated heterocycles. The van der Waals surface area contributed by atoms with Gasteiger partial charge in [0.05, 0.1) is 6.10 Å². The first-order valence-corrected chi connectivity index (χ1v) is 9.61. The summed E-state index contributed by atoms with van der Waals surface area (Å²) in [6, 6.07) is 1.24. The van der Waals surface area contributed by atoms with Gasteiger partial charge in [0.25, 0.3) is 0 Å². The van der Waals surface area contributed by atoms with Crippen molar-refractivity contribution >= 4 is 6.03 Å². The summed E-state index contributed by atoms with van der Waals surface area (Å²) in [4.78, 5) is 14.9. The number of carbonyl (C=O) groups excluding carboxylic acids is 1. The summed E-state index contributed by atoms with van der Waals surface area (Å²) in [5.74, 6) is 0.572. The Morgan fingerprint density at radius 3 is 2.48 bits per heavy atom. The summed E-state index contributed by atoms with van der Waals surface area (Å²) < 4.78 is 0. The number of piperidine rings is 1. The Bertz CT molecular complexity index is 392. The second kappa shape index (κ2) is 7.84. The lowest BCUT2D eigenvalue weighted by Gasteiger charge is -2.43. The molecular weight excluding hydrogens is 290 g/mol. The molecule has 0 aromatic rings. The molecule has 2 amide bonds. The summed E-state index contributed by atoms with van der Waals surface area (Å²) in [6.45, 7) is 4.53. The third-order valence-corrected chi connectivity index (χ3v) is 6.18. The number of hydrogen-bond donors (Lipinski definition) is 3. The van der Waals surface area contributed by atoms with Crippen LogP contribution in [0.5, 0.6) is 0 Å². The van der Waals surface area contributed by atoms with Gasteiger partial charge in [-0.15, -0.1) is 0 Å². The first-order chi connectivity index (χ1) is 11.1. The molecule has 132 valence electrons. The van der Waals surface area contributed by atoms with E-state index in [0.717, 1.165) is 38.3 Å². The molecule has 3 fully saturated rings. The SMILES string of the molecule is CC(NC(=O)NC1CCC(O)CC1)C1CCCN(C2CCC2)C1. The van der Waals surface area contributed by atoms with Crippen LogP contribution in [0.4, 0.5) is 4.79 Å². The van der Waals surface area contributed by atoms with Crippen molar-refractivity contribution in [3.63, 3.8) is 0 Å². The Kier molecular flexibility index (Phi) is 5.81. The minimum Gasteiger partial charge on any atom is -0.393 e. The Morgan fingerprint density at radius 1 is 1.09 bits per heavy atom. The van der Waals surface area contributed by atoms with Crippen LogP contribution in [0.1, 0.15) is 64.7 Å². The van der Waals surface area contributed by atoms with Crippen molar-refractivity contribution in [3.05, 3.63) is 0 Å². The molecule has 0 radical (unpaired) electrons. The van der Waals surface area contributed by atoms with E-state index in [9.17, 15) is 9.90 Å². The van der Waals surface area contributed by atoms with Crippen LogP contribution in [0, 0.1) is 5.92 Å². The predicted molar refractivity (Wildman–Crippen MR) is 91.3 cm³/mol. The molecule has 23 heavy (non-hydrogen) atoms. The largest absolute Gasteiger partial charge is 0.393 e. The molecule has 1 heterocycles. The van der Waals surface area contributed by atoms with Crippen molar-refractivity contribution in [3.8, 4) is 0 Å². The van der Waals surface area contributed by atoms with Crippen molar-refractivity contribution in [2.75, 3.05) is 13.1 Å².